The van der Waals surface area contributed by atoms with E-state index in [0.29, 0.717) is 23.3 Å². The Morgan fingerprint density at radius 2 is 2.24 bits per heavy atom. The zero-order chi connectivity index (χ0) is 18.0. The highest BCUT2D eigenvalue weighted by Crippen LogP contribution is 2.30. The summed E-state index contributed by atoms with van der Waals surface area (Å²) in [5, 5.41) is 12.5. The molecule has 0 radical (unpaired) electrons. The Kier molecular flexibility index (Phi) is 4.70. The summed E-state index contributed by atoms with van der Waals surface area (Å²) in [6, 6.07) is 8.68. The average Bonchev–Trinajstić information content (AvgIpc) is 2.91. The molecule has 1 aliphatic rings. The minimum absolute atomic E-state index is 0.147. The lowest BCUT2D eigenvalue weighted by Crippen LogP contribution is -2.34. The summed E-state index contributed by atoms with van der Waals surface area (Å²) in [7, 11) is 1.44. The Bertz CT molecular complexity index is 849. The maximum atomic E-state index is 13.9. The first kappa shape index (κ1) is 17.0. The molecule has 1 amide bonds. The van der Waals surface area contributed by atoms with Crippen molar-refractivity contribution in [3.8, 4) is 17.7 Å². The molecule has 2 unspecified atom stereocenters. The van der Waals surface area contributed by atoms with Crippen molar-refractivity contribution in [3.05, 3.63) is 29.8 Å². The fourth-order valence-corrected chi connectivity index (χ4v) is 3.11. The number of halogens is 1. The third-order valence-electron chi connectivity index (χ3n) is 4.45. The van der Waals surface area contributed by atoms with Gasteiger partial charge in [0.25, 0.3) is 5.91 Å². The monoisotopic (exact) mass is 343 g/mol. The van der Waals surface area contributed by atoms with Gasteiger partial charge in [-0.3, -0.25) is 4.79 Å². The first-order valence-electron chi connectivity index (χ1n) is 8.04. The fraction of sp³-hybridized carbons (Fsp3) is 0.389. The van der Waals surface area contributed by atoms with E-state index in [1.807, 2.05) is 19.1 Å². The molecule has 6 nitrogen and oxygen atoms in total. The Morgan fingerprint density at radius 3 is 2.92 bits per heavy atom. The Morgan fingerprint density at radius 1 is 1.44 bits per heavy atom. The van der Waals surface area contributed by atoms with Gasteiger partial charge in [0.1, 0.15) is 29.5 Å². The second kappa shape index (κ2) is 6.93. The number of pyridine rings is 1. The SMILES string of the molecule is CC[C@H]1C(COc2cccc3cc(C#N)c(OC)nc23)NC(=O)C1F. The minimum Gasteiger partial charge on any atom is -0.489 e. The normalized spacial score (nSPS) is 22.5. The number of nitrogens with zero attached hydrogens (tertiary/aromatic N) is 2. The number of fused-ring (bicyclic) bond motifs is 1. The number of hydrogen-bond acceptors (Lipinski definition) is 5. The van der Waals surface area contributed by atoms with Crippen LogP contribution in [0.3, 0.4) is 0 Å². The molecule has 3 atom stereocenters. The molecular formula is C18H18FN3O3. The van der Waals surface area contributed by atoms with Crippen molar-refractivity contribution in [1.82, 2.24) is 10.3 Å². The van der Waals surface area contributed by atoms with Gasteiger partial charge in [0, 0.05) is 11.3 Å². The number of carbonyl (C=O) groups is 1. The van der Waals surface area contributed by atoms with E-state index in [9.17, 15) is 9.18 Å². The molecular weight excluding hydrogens is 325 g/mol. The lowest BCUT2D eigenvalue weighted by atomic mass is 9.97. The Hall–Kier alpha value is -2.88. The van der Waals surface area contributed by atoms with E-state index < -0.39 is 18.0 Å². The second-order valence-electron chi connectivity index (χ2n) is 5.88. The van der Waals surface area contributed by atoms with Crippen LogP contribution in [-0.2, 0) is 4.79 Å². The van der Waals surface area contributed by atoms with Gasteiger partial charge in [-0.05, 0) is 18.6 Å². The average molecular weight is 343 g/mol. The van der Waals surface area contributed by atoms with Gasteiger partial charge in [0.05, 0.1) is 13.2 Å². The van der Waals surface area contributed by atoms with Gasteiger partial charge in [0.2, 0.25) is 5.88 Å². The maximum absolute atomic E-state index is 13.9. The lowest BCUT2D eigenvalue weighted by Gasteiger charge is -2.19. The van der Waals surface area contributed by atoms with E-state index >= 15 is 0 Å². The first-order chi connectivity index (χ1) is 12.1. The highest BCUT2D eigenvalue weighted by atomic mass is 19.1. The number of carbonyl (C=O) groups excluding carboxylic acids is 1. The molecule has 0 saturated carbocycles. The quantitative estimate of drug-likeness (QED) is 0.901. The van der Waals surface area contributed by atoms with Crippen molar-refractivity contribution in [1.29, 1.82) is 5.26 Å². The summed E-state index contributed by atoms with van der Waals surface area (Å²) in [6.07, 6.45) is -0.955. The topological polar surface area (TPSA) is 84.2 Å². The third kappa shape index (κ3) is 3.07. The highest BCUT2D eigenvalue weighted by Gasteiger charge is 2.41. The molecule has 7 heteroatoms. The van der Waals surface area contributed by atoms with Crippen LogP contribution in [0.25, 0.3) is 10.9 Å². The molecule has 1 saturated heterocycles. The molecule has 3 rings (SSSR count). The van der Waals surface area contributed by atoms with E-state index in [4.69, 9.17) is 14.7 Å². The van der Waals surface area contributed by atoms with E-state index in [1.54, 1.807) is 18.2 Å². The number of amides is 1. The number of rotatable bonds is 5. The number of hydrogen-bond donors (Lipinski definition) is 1. The number of nitriles is 1. The van der Waals surface area contributed by atoms with E-state index in [1.165, 1.54) is 7.11 Å². The van der Waals surface area contributed by atoms with Crippen LogP contribution in [-0.4, -0.2) is 36.8 Å². The van der Waals surface area contributed by atoms with Gasteiger partial charge in [-0.15, -0.1) is 0 Å². The van der Waals surface area contributed by atoms with E-state index in [0.717, 1.165) is 5.39 Å². The number of para-hydroxylation sites is 1. The van der Waals surface area contributed by atoms with E-state index in [-0.39, 0.29) is 18.5 Å². The minimum atomic E-state index is -1.50. The van der Waals surface area contributed by atoms with Crippen LogP contribution < -0.4 is 14.8 Å². The van der Waals surface area contributed by atoms with Crippen LogP contribution in [0.5, 0.6) is 11.6 Å². The molecule has 1 aromatic carbocycles. The molecule has 130 valence electrons. The molecule has 2 heterocycles. The third-order valence-corrected chi connectivity index (χ3v) is 4.45. The summed E-state index contributed by atoms with van der Waals surface area (Å²) in [5.41, 5.74) is 0.883. The summed E-state index contributed by atoms with van der Waals surface area (Å²) in [6.45, 7) is 1.99. The van der Waals surface area contributed by atoms with Crippen molar-refractivity contribution in [2.45, 2.75) is 25.6 Å². The van der Waals surface area contributed by atoms with Crippen LogP contribution >= 0.6 is 0 Å². The summed E-state index contributed by atoms with van der Waals surface area (Å²) in [5.74, 6) is -0.283. The zero-order valence-corrected chi connectivity index (χ0v) is 14.0. The summed E-state index contributed by atoms with van der Waals surface area (Å²) >= 11 is 0. The van der Waals surface area contributed by atoms with Gasteiger partial charge in [0.15, 0.2) is 6.17 Å². The van der Waals surface area contributed by atoms with Crippen molar-refractivity contribution in [3.63, 3.8) is 0 Å². The number of ether oxygens (including phenoxy) is 2. The van der Waals surface area contributed by atoms with Crippen molar-refractivity contribution >= 4 is 16.8 Å². The van der Waals surface area contributed by atoms with Gasteiger partial charge in [-0.2, -0.15) is 5.26 Å². The number of nitrogens with one attached hydrogen (secondary N) is 1. The highest BCUT2D eigenvalue weighted by molar-refractivity contribution is 5.86. The Balaban J connectivity index is 1.87. The number of methoxy groups -OCH3 is 1. The first-order valence-corrected chi connectivity index (χ1v) is 8.04. The van der Waals surface area contributed by atoms with Gasteiger partial charge < -0.3 is 14.8 Å². The molecule has 0 aliphatic carbocycles. The van der Waals surface area contributed by atoms with E-state index in [2.05, 4.69) is 10.3 Å². The largest absolute Gasteiger partial charge is 0.489 e. The van der Waals surface area contributed by atoms with Gasteiger partial charge in [-0.25, -0.2) is 9.37 Å². The fourth-order valence-electron chi connectivity index (χ4n) is 3.11. The van der Waals surface area contributed by atoms with Crippen molar-refractivity contribution in [2.75, 3.05) is 13.7 Å². The molecule has 1 N–H and O–H groups in total. The van der Waals surface area contributed by atoms with Crippen molar-refractivity contribution in [2.24, 2.45) is 5.92 Å². The van der Waals surface area contributed by atoms with Crippen LogP contribution in [0.15, 0.2) is 24.3 Å². The van der Waals surface area contributed by atoms with Gasteiger partial charge in [-0.1, -0.05) is 19.1 Å². The van der Waals surface area contributed by atoms with Crippen LogP contribution in [0.4, 0.5) is 4.39 Å². The number of aromatic nitrogens is 1. The summed E-state index contributed by atoms with van der Waals surface area (Å²) in [4.78, 5) is 15.9. The molecule has 2 aromatic rings. The Labute approximate surface area is 144 Å². The van der Waals surface area contributed by atoms with Gasteiger partial charge >= 0.3 is 0 Å². The summed E-state index contributed by atoms with van der Waals surface area (Å²) < 4.78 is 24.8. The molecule has 1 aromatic heterocycles. The number of alkyl halides is 1. The number of benzene rings is 1. The smallest absolute Gasteiger partial charge is 0.255 e. The second-order valence-corrected chi connectivity index (χ2v) is 5.88. The lowest BCUT2D eigenvalue weighted by molar-refractivity contribution is -0.123. The predicted molar refractivity (Wildman–Crippen MR) is 89.1 cm³/mol. The molecule has 25 heavy (non-hydrogen) atoms. The standard InChI is InChI=1S/C18H18FN3O3/c1-3-12-13(21-17(23)15(12)19)9-25-14-6-4-5-10-7-11(8-20)18(24-2)22-16(10)14/h4-7,12-13,15H,3,9H2,1-2H3,(H,21,23)/t12-,13?,15?/m0/s1. The van der Waals surface area contributed by atoms with Crippen LogP contribution in [0.2, 0.25) is 0 Å². The zero-order valence-electron chi connectivity index (χ0n) is 14.0. The molecule has 0 bridgehead atoms. The van der Waals surface area contributed by atoms with Crippen molar-refractivity contribution < 1.29 is 18.7 Å². The van der Waals surface area contributed by atoms with Crippen LogP contribution in [0, 0.1) is 17.2 Å². The van der Waals surface area contributed by atoms with Crippen LogP contribution in [0.1, 0.15) is 18.9 Å². The predicted octanol–water partition coefficient (Wildman–Crippen LogP) is 2.36. The molecule has 1 fully saturated rings. The maximum Gasteiger partial charge on any atom is 0.255 e. The molecule has 1 aliphatic heterocycles. The molecule has 0 spiro atoms.